The molecular formula is C13H16N2O2. The first-order valence-electron chi connectivity index (χ1n) is 5.23. The molecule has 0 fully saturated rings. The van der Waals surface area contributed by atoms with Crippen LogP contribution in [0.3, 0.4) is 0 Å². The fourth-order valence-electron chi connectivity index (χ4n) is 1.18. The maximum absolute atomic E-state index is 11.7. The van der Waals surface area contributed by atoms with E-state index in [1.807, 2.05) is 6.92 Å². The highest BCUT2D eigenvalue weighted by Crippen LogP contribution is 2.11. The highest BCUT2D eigenvalue weighted by atomic mass is 16.5. The summed E-state index contributed by atoms with van der Waals surface area (Å²) >= 11 is 0. The molecule has 4 nitrogen and oxygen atoms in total. The number of nitrogens with two attached hydrogens (primary N) is 1. The third kappa shape index (κ3) is 4.10. The molecule has 1 aromatic carbocycles. The zero-order valence-electron chi connectivity index (χ0n) is 10.0. The molecule has 90 valence electrons. The first-order valence-corrected chi connectivity index (χ1v) is 5.23. The van der Waals surface area contributed by atoms with Crippen molar-refractivity contribution in [3.63, 3.8) is 0 Å². The summed E-state index contributed by atoms with van der Waals surface area (Å²) in [5.41, 5.74) is 6.73. The SMILES string of the molecule is COc1ccc(C(=O)CN=CC(C)=CN)cc1. The van der Waals surface area contributed by atoms with Crippen LogP contribution in [-0.4, -0.2) is 25.7 Å². The van der Waals surface area contributed by atoms with Crippen molar-refractivity contribution < 1.29 is 9.53 Å². The second-order valence-corrected chi connectivity index (χ2v) is 3.53. The molecule has 0 heterocycles. The van der Waals surface area contributed by atoms with E-state index in [4.69, 9.17) is 10.5 Å². The Morgan fingerprint density at radius 2 is 2.06 bits per heavy atom. The maximum Gasteiger partial charge on any atom is 0.184 e. The normalized spacial score (nSPS) is 11.8. The predicted molar refractivity (Wildman–Crippen MR) is 68.6 cm³/mol. The van der Waals surface area contributed by atoms with E-state index in [-0.39, 0.29) is 12.3 Å². The van der Waals surface area contributed by atoms with Crippen LogP contribution in [0.2, 0.25) is 0 Å². The van der Waals surface area contributed by atoms with Crippen molar-refractivity contribution in [2.24, 2.45) is 10.7 Å². The van der Waals surface area contributed by atoms with Crippen LogP contribution >= 0.6 is 0 Å². The molecule has 0 aliphatic carbocycles. The van der Waals surface area contributed by atoms with Gasteiger partial charge in [0.2, 0.25) is 0 Å². The third-order valence-electron chi connectivity index (χ3n) is 2.20. The van der Waals surface area contributed by atoms with Gasteiger partial charge in [0.05, 0.1) is 7.11 Å². The molecule has 0 radical (unpaired) electrons. The fraction of sp³-hybridized carbons (Fsp3) is 0.231. The largest absolute Gasteiger partial charge is 0.497 e. The van der Waals surface area contributed by atoms with Crippen molar-refractivity contribution in [2.75, 3.05) is 13.7 Å². The van der Waals surface area contributed by atoms with Crippen LogP contribution < -0.4 is 10.5 Å². The number of aliphatic imine (C=N–C) groups is 1. The number of allylic oxidation sites excluding steroid dienone is 1. The van der Waals surface area contributed by atoms with E-state index in [2.05, 4.69) is 4.99 Å². The Bertz CT molecular complexity index is 433. The van der Waals surface area contributed by atoms with Crippen LogP contribution in [-0.2, 0) is 0 Å². The molecule has 2 N–H and O–H groups in total. The topological polar surface area (TPSA) is 64.7 Å². The van der Waals surface area contributed by atoms with Gasteiger partial charge in [-0.05, 0) is 43.0 Å². The number of methoxy groups -OCH3 is 1. The predicted octanol–water partition coefficient (Wildman–Crippen LogP) is 1.81. The van der Waals surface area contributed by atoms with E-state index >= 15 is 0 Å². The van der Waals surface area contributed by atoms with Crippen LogP contribution in [0.15, 0.2) is 41.0 Å². The van der Waals surface area contributed by atoms with Gasteiger partial charge in [0, 0.05) is 11.8 Å². The first-order chi connectivity index (χ1) is 8.17. The van der Waals surface area contributed by atoms with Gasteiger partial charge in [0.1, 0.15) is 12.3 Å². The lowest BCUT2D eigenvalue weighted by Gasteiger charge is -2.01. The number of hydrogen-bond donors (Lipinski definition) is 1. The standard InChI is InChI=1S/C13H16N2O2/c1-10(7-14)8-15-9-13(16)11-3-5-12(17-2)6-4-11/h3-8H,9,14H2,1-2H3. The quantitative estimate of drug-likeness (QED) is 0.622. The van der Waals surface area contributed by atoms with Gasteiger partial charge < -0.3 is 10.5 Å². The summed E-state index contributed by atoms with van der Waals surface area (Å²) in [5.74, 6) is 0.695. The third-order valence-corrected chi connectivity index (χ3v) is 2.20. The number of ether oxygens (including phenoxy) is 1. The fourth-order valence-corrected chi connectivity index (χ4v) is 1.18. The molecule has 4 heteroatoms. The lowest BCUT2D eigenvalue weighted by Crippen LogP contribution is -2.03. The van der Waals surface area contributed by atoms with E-state index in [9.17, 15) is 4.79 Å². The van der Waals surface area contributed by atoms with E-state index in [1.54, 1.807) is 37.6 Å². The average molecular weight is 232 g/mol. The number of carbonyl (C=O) groups excluding carboxylic acids is 1. The smallest absolute Gasteiger partial charge is 0.184 e. The molecular weight excluding hydrogens is 216 g/mol. The minimum atomic E-state index is -0.0336. The molecule has 17 heavy (non-hydrogen) atoms. The van der Waals surface area contributed by atoms with Gasteiger partial charge in [-0.3, -0.25) is 9.79 Å². The Labute approximate surface area is 101 Å². The molecule has 1 rings (SSSR count). The second-order valence-electron chi connectivity index (χ2n) is 3.53. The Hall–Kier alpha value is -2.10. The molecule has 0 aliphatic heterocycles. The molecule has 0 bridgehead atoms. The van der Waals surface area contributed by atoms with Crippen LogP contribution in [0.5, 0.6) is 5.75 Å². The summed E-state index contributed by atoms with van der Waals surface area (Å²) in [7, 11) is 1.59. The van der Waals surface area contributed by atoms with Crippen molar-refractivity contribution in [2.45, 2.75) is 6.92 Å². The van der Waals surface area contributed by atoms with Gasteiger partial charge in [-0.2, -0.15) is 0 Å². The maximum atomic E-state index is 11.7. The van der Waals surface area contributed by atoms with Crippen LogP contribution in [0.1, 0.15) is 17.3 Å². The molecule has 0 amide bonds. The number of hydrogen-bond acceptors (Lipinski definition) is 4. The summed E-state index contributed by atoms with van der Waals surface area (Å²) < 4.78 is 5.01. The number of benzene rings is 1. The molecule has 0 saturated heterocycles. The van der Waals surface area contributed by atoms with E-state index in [0.29, 0.717) is 5.56 Å². The minimum Gasteiger partial charge on any atom is -0.497 e. The molecule has 0 unspecified atom stereocenters. The van der Waals surface area contributed by atoms with E-state index < -0.39 is 0 Å². The molecule has 0 spiro atoms. The molecule has 0 atom stereocenters. The van der Waals surface area contributed by atoms with Gasteiger partial charge in [0.15, 0.2) is 5.78 Å². The van der Waals surface area contributed by atoms with Crippen molar-refractivity contribution >= 4 is 12.0 Å². The van der Waals surface area contributed by atoms with Crippen LogP contribution in [0, 0.1) is 0 Å². The Morgan fingerprint density at radius 1 is 1.41 bits per heavy atom. The molecule has 0 aliphatic rings. The number of rotatable bonds is 5. The summed E-state index contributed by atoms with van der Waals surface area (Å²) in [6.45, 7) is 1.94. The number of carbonyl (C=O) groups is 1. The van der Waals surface area contributed by atoms with Gasteiger partial charge in [-0.1, -0.05) is 0 Å². The minimum absolute atomic E-state index is 0.0336. The first kappa shape index (κ1) is 13.0. The summed E-state index contributed by atoms with van der Waals surface area (Å²) in [6.07, 6.45) is 3.03. The highest BCUT2D eigenvalue weighted by molar-refractivity contribution is 5.98. The van der Waals surface area contributed by atoms with Gasteiger partial charge in [-0.25, -0.2) is 0 Å². The van der Waals surface area contributed by atoms with Crippen molar-refractivity contribution in [3.8, 4) is 5.75 Å². The van der Waals surface area contributed by atoms with Gasteiger partial charge >= 0.3 is 0 Å². The van der Waals surface area contributed by atoms with E-state index in [0.717, 1.165) is 11.3 Å². The van der Waals surface area contributed by atoms with Crippen LogP contribution in [0.4, 0.5) is 0 Å². The Balaban J connectivity index is 2.61. The number of ketones is 1. The second kappa shape index (κ2) is 6.48. The zero-order chi connectivity index (χ0) is 12.7. The Morgan fingerprint density at radius 3 is 2.59 bits per heavy atom. The lowest BCUT2D eigenvalue weighted by molar-refractivity contribution is 0.100. The average Bonchev–Trinajstić information content (AvgIpc) is 2.38. The number of Topliss-reactive ketones (excluding diaryl/α,β-unsaturated/α-hetero) is 1. The van der Waals surface area contributed by atoms with E-state index in [1.165, 1.54) is 6.20 Å². The zero-order valence-corrected chi connectivity index (χ0v) is 10.0. The lowest BCUT2D eigenvalue weighted by atomic mass is 10.1. The van der Waals surface area contributed by atoms with Gasteiger partial charge in [0.25, 0.3) is 0 Å². The monoisotopic (exact) mass is 232 g/mol. The van der Waals surface area contributed by atoms with Crippen LogP contribution in [0.25, 0.3) is 0 Å². The van der Waals surface area contributed by atoms with Crippen molar-refractivity contribution in [1.82, 2.24) is 0 Å². The number of nitrogens with zero attached hydrogens (tertiary/aromatic N) is 1. The summed E-state index contributed by atoms with van der Waals surface area (Å²) in [5, 5.41) is 0. The Kier molecular flexibility index (Phi) is 4.94. The van der Waals surface area contributed by atoms with Crippen molar-refractivity contribution in [1.29, 1.82) is 0 Å². The molecule has 0 saturated carbocycles. The highest BCUT2D eigenvalue weighted by Gasteiger charge is 2.03. The molecule has 0 aromatic heterocycles. The molecule has 1 aromatic rings. The summed E-state index contributed by atoms with van der Waals surface area (Å²) in [4.78, 5) is 15.7. The van der Waals surface area contributed by atoms with Gasteiger partial charge in [-0.15, -0.1) is 0 Å². The van der Waals surface area contributed by atoms with Crippen molar-refractivity contribution in [3.05, 3.63) is 41.6 Å². The summed E-state index contributed by atoms with van der Waals surface area (Å²) in [6, 6.07) is 6.95.